The maximum Gasteiger partial charge on any atom is 0.0546 e. The molecule has 0 aliphatic rings. The van der Waals surface area contributed by atoms with Gasteiger partial charge in [0.25, 0.3) is 0 Å². The van der Waals surface area contributed by atoms with Crippen LogP contribution in [-0.4, -0.2) is 27.4 Å². The molecule has 0 saturated heterocycles. The molecule has 17 heavy (non-hydrogen) atoms. The molecule has 2 nitrogen and oxygen atoms in total. The molecule has 0 spiro atoms. The summed E-state index contributed by atoms with van der Waals surface area (Å²) in [5, 5.41) is 0. The third-order valence-corrected chi connectivity index (χ3v) is 2.79. The fraction of sp³-hybridized carbons (Fsp3) is 0.733. The highest BCUT2D eigenvalue weighted by Gasteiger charge is 2.28. The third-order valence-electron chi connectivity index (χ3n) is 2.79. The molecule has 0 unspecified atom stereocenters. The van der Waals surface area contributed by atoms with Crippen molar-refractivity contribution in [2.45, 2.75) is 40.5 Å². The van der Waals surface area contributed by atoms with Gasteiger partial charge in [0.05, 0.1) is 13.2 Å². The first kappa shape index (κ1) is 16.4. The zero-order chi connectivity index (χ0) is 13.3. The number of hydrogen-bond donors (Lipinski definition) is 0. The smallest absolute Gasteiger partial charge is 0.0546 e. The van der Waals surface area contributed by atoms with Crippen molar-refractivity contribution in [1.29, 1.82) is 0 Å². The van der Waals surface area contributed by atoms with Gasteiger partial charge in [-0.05, 0) is 40.5 Å². The molecule has 0 fully saturated rings. The molecule has 0 saturated carbocycles. The van der Waals surface area contributed by atoms with Gasteiger partial charge in [0.2, 0.25) is 0 Å². The summed E-state index contributed by atoms with van der Waals surface area (Å²) < 4.78 is 10.8. The summed E-state index contributed by atoms with van der Waals surface area (Å²) in [7, 11) is 3.52. The van der Waals surface area contributed by atoms with Crippen molar-refractivity contribution in [1.82, 2.24) is 0 Å². The Hall–Kier alpha value is -0.600. The van der Waals surface area contributed by atoms with Crippen LogP contribution in [0, 0.1) is 5.41 Å². The van der Waals surface area contributed by atoms with E-state index in [1.807, 2.05) is 0 Å². The van der Waals surface area contributed by atoms with Crippen LogP contribution < -0.4 is 0 Å². The van der Waals surface area contributed by atoms with E-state index in [1.54, 1.807) is 14.2 Å². The average Bonchev–Trinajstić information content (AvgIpc) is 2.24. The number of ether oxygens (including phenoxy) is 2. The summed E-state index contributed by atoms with van der Waals surface area (Å²) in [5.41, 5.74) is 2.76. The molecule has 0 N–H and O–H groups in total. The van der Waals surface area contributed by atoms with Crippen molar-refractivity contribution in [2.24, 2.45) is 5.41 Å². The van der Waals surface area contributed by atoms with Crippen molar-refractivity contribution < 1.29 is 9.47 Å². The first-order valence-electron chi connectivity index (χ1n) is 6.20. The number of rotatable bonds is 8. The molecule has 0 bridgehead atoms. The highest BCUT2D eigenvalue weighted by molar-refractivity contribution is 5.03. The molecule has 0 aromatic rings. The topological polar surface area (TPSA) is 18.5 Å². The van der Waals surface area contributed by atoms with Crippen LogP contribution in [0.1, 0.15) is 40.5 Å². The second-order valence-electron chi connectivity index (χ2n) is 5.34. The van der Waals surface area contributed by atoms with Crippen molar-refractivity contribution in [3.8, 4) is 0 Å². The van der Waals surface area contributed by atoms with Crippen LogP contribution in [-0.2, 0) is 9.47 Å². The van der Waals surface area contributed by atoms with Gasteiger partial charge in [-0.25, -0.2) is 0 Å². The Morgan fingerprint density at radius 1 is 0.824 bits per heavy atom. The lowest BCUT2D eigenvalue weighted by molar-refractivity contribution is 0.0134. The highest BCUT2D eigenvalue weighted by Crippen LogP contribution is 2.30. The number of allylic oxidation sites excluding steroid dienone is 4. The Balaban J connectivity index is 4.83. The van der Waals surface area contributed by atoms with E-state index in [1.165, 1.54) is 11.1 Å². The summed E-state index contributed by atoms with van der Waals surface area (Å²) in [6.07, 6.45) is 6.55. The highest BCUT2D eigenvalue weighted by atomic mass is 16.5. The standard InChI is InChI=1S/C15H28O2/c1-13(2)7-9-15(11-16-5,12-17-6)10-8-14(3)4/h7-8H,9-12H2,1-6H3. The Morgan fingerprint density at radius 2 is 1.18 bits per heavy atom. The minimum absolute atomic E-state index is 0.0675. The van der Waals surface area contributed by atoms with E-state index >= 15 is 0 Å². The maximum absolute atomic E-state index is 5.39. The lowest BCUT2D eigenvalue weighted by Crippen LogP contribution is -2.31. The molecule has 0 radical (unpaired) electrons. The molecule has 2 heteroatoms. The van der Waals surface area contributed by atoms with Gasteiger partial charge in [-0.1, -0.05) is 23.3 Å². The van der Waals surface area contributed by atoms with Crippen LogP contribution in [0.3, 0.4) is 0 Å². The van der Waals surface area contributed by atoms with Crippen LogP contribution in [0.25, 0.3) is 0 Å². The van der Waals surface area contributed by atoms with Crippen LogP contribution in [0.5, 0.6) is 0 Å². The van der Waals surface area contributed by atoms with E-state index in [4.69, 9.17) is 9.47 Å². The summed E-state index contributed by atoms with van der Waals surface area (Å²) in [4.78, 5) is 0. The van der Waals surface area contributed by atoms with Crippen molar-refractivity contribution in [3.05, 3.63) is 23.3 Å². The molecule has 0 aliphatic heterocycles. The van der Waals surface area contributed by atoms with E-state index in [2.05, 4.69) is 39.8 Å². The summed E-state index contributed by atoms with van der Waals surface area (Å²) in [6, 6.07) is 0. The minimum Gasteiger partial charge on any atom is -0.384 e. The minimum atomic E-state index is 0.0675. The molecule has 0 atom stereocenters. The molecular weight excluding hydrogens is 212 g/mol. The predicted octanol–water partition coefficient (Wildman–Crippen LogP) is 3.98. The average molecular weight is 240 g/mol. The molecule has 0 aliphatic carbocycles. The van der Waals surface area contributed by atoms with Crippen molar-refractivity contribution in [3.63, 3.8) is 0 Å². The van der Waals surface area contributed by atoms with Crippen LogP contribution >= 0.6 is 0 Å². The second kappa shape index (κ2) is 8.48. The lowest BCUT2D eigenvalue weighted by atomic mass is 9.81. The second-order valence-corrected chi connectivity index (χ2v) is 5.34. The van der Waals surface area contributed by atoms with Gasteiger partial charge in [-0.3, -0.25) is 0 Å². The maximum atomic E-state index is 5.39. The predicted molar refractivity (Wildman–Crippen MR) is 74.3 cm³/mol. The van der Waals surface area contributed by atoms with Gasteiger partial charge < -0.3 is 9.47 Å². The summed E-state index contributed by atoms with van der Waals surface area (Å²) >= 11 is 0. The van der Waals surface area contributed by atoms with E-state index in [0.29, 0.717) is 0 Å². The van der Waals surface area contributed by atoms with E-state index in [9.17, 15) is 0 Å². The zero-order valence-electron chi connectivity index (χ0n) is 12.3. The van der Waals surface area contributed by atoms with Crippen molar-refractivity contribution in [2.75, 3.05) is 27.4 Å². The fourth-order valence-electron chi connectivity index (χ4n) is 1.81. The molecule has 0 aromatic carbocycles. The van der Waals surface area contributed by atoms with Gasteiger partial charge in [0, 0.05) is 19.6 Å². The zero-order valence-corrected chi connectivity index (χ0v) is 12.3. The Kier molecular flexibility index (Phi) is 8.19. The molecule has 100 valence electrons. The van der Waals surface area contributed by atoms with Gasteiger partial charge in [-0.15, -0.1) is 0 Å². The van der Waals surface area contributed by atoms with E-state index < -0.39 is 0 Å². The Bertz CT molecular complexity index is 228. The van der Waals surface area contributed by atoms with E-state index in [0.717, 1.165) is 26.1 Å². The number of hydrogen-bond acceptors (Lipinski definition) is 2. The quantitative estimate of drug-likeness (QED) is 0.597. The first-order valence-corrected chi connectivity index (χ1v) is 6.20. The van der Waals surface area contributed by atoms with Crippen LogP contribution in [0.2, 0.25) is 0 Å². The van der Waals surface area contributed by atoms with Crippen LogP contribution in [0.15, 0.2) is 23.3 Å². The Morgan fingerprint density at radius 3 is 1.41 bits per heavy atom. The lowest BCUT2D eigenvalue weighted by Gasteiger charge is -2.31. The first-order chi connectivity index (χ1) is 7.95. The fourth-order valence-corrected chi connectivity index (χ4v) is 1.81. The molecule has 0 aromatic heterocycles. The normalized spacial score (nSPS) is 11.2. The largest absolute Gasteiger partial charge is 0.384 e. The molecular formula is C15H28O2. The van der Waals surface area contributed by atoms with Gasteiger partial charge in [0.15, 0.2) is 0 Å². The SMILES string of the molecule is COCC(CC=C(C)C)(CC=C(C)C)COC. The van der Waals surface area contributed by atoms with Crippen LogP contribution in [0.4, 0.5) is 0 Å². The van der Waals surface area contributed by atoms with E-state index in [-0.39, 0.29) is 5.41 Å². The molecule has 0 amide bonds. The summed E-state index contributed by atoms with van der Waals surface area (Å²) in [6.45, 7) is 9.98. The molecule has 0 heterocycles. The van der Waals surface area contributed by atoms with Gasteiger partial charge in [-0.2, -0.15) is 0 Å². The Labute approximate surface area is 107 Å². The number of methoxy groups -OCH3 is 2. The van der Waals surface area contributed by atoms with Crippen molar-refractivity contribution >= 4 is 0 Å². The van der Waals surface area contributed by atoms with Gasteiger partial charge in [0.1, 0.15) is 0 Å². The third kappa shape index (κ3) is 7.35. The van der Waals surface area contributed by atoms with Gasteiger partial charge >= 0.3 is 0 Å². The molecule has 0 rings (SSSR count). The summed E-state index contributed by atoms with van der Waals surface area (Å²) in [5.74, 6) is 0. The monoisotopic (exact) mass is 240 g/mol.